The smallest absolute Gasteiger partial charge is 0.152 e. The lowest BCUT2D eigenvalue weighted by Gasteiger charge is -2.19. The SMILES string of the molecule is CCCCCN(C)c1ncnc(N)c1Cl. The highest BCUT2D eigenvalue weighted by atomic mass is 35.5. The summed E-state index contributed by atoms with van der Waals surface area (Å²) in [7, 11) is 1.96. The van der Waals surface area contributed by atoms with E-state index in [-0.39, 0.29) is 0 Å². The molecule has 15 heavy (non-hydrogen) atoms. The molecule has 0 aliphatic heterocycles. The van der Waals surface area contributed by atoms with Crippen LogP contribution in [0.3, 0.4) is 0 Å². The van der Waals surface area contributed by atoms with Crippen molar-refractivity contribution in [2.75, 3.05) is 24.2 Å². The van der Waals surface area contributed by atoms with Gasteiger partial charge in [0.25, 0.3) is 0 Å². The molecule has 4 nitrogen and oxygen atoms in total. The van der Waals surface area contributed by atoms with Crippen LogP contribution < -0.4 is 10.6 Å². The van der Waals surface area contributed by atoms with E-state index in [9.17, 15) is 0 Å². The zero-order chi connectivity index (χ0) is 11.3. The van der Waals surface area contributed by atoms with Crippen LogP contribution in [0.1, 0.15) is 26.2 Å². The molecular formula is C10H17ClN4. The normalized spacial score (nSPS) is 10.3. The number of nitrogen functional groups attached to an aromatic ring is 1. The van der Waals surface area contributed by atoms with E-state index in [1.807, 2.05) is 11.9 Å². The predicted molar refractivity (Wildman–Crippen MR) is 64.2 cm³/mol. The lowest BCUT2D eigenvalue weighted by Crippen LogP contribution is -2.20. The zero-order valence-electron chi connectivity index (χ0n) is 9.20. The molecule has 1 rings (SSSR count). The van der Waals surface area contributed by atoms with Gasteiger partial charge in [-0.15, -0.1) is 0 Å². The molecule has 2 N–H and O–H groups in total. The fourth-order valence-corrected chi connectivity index (χ4v) is 1.59. The molecule has 84 valence electrons. The molecule has 0 spiro atoms. The van der Waals surface area contributed by atoms with Crippen molar-refractivity contribution in [3.63, 3.8) is 0 Å². The average molecular weight is 229 g/mol. The summed E-state index contributed by atoms with van der Waals surface area (Å²) in [6.07, 6.45) is 4.98. The lowest BCUT2D eigenvalue weighted by molar-refractivity contribution is 0.701. The number of nitrogens with two attached hydrogens (primary N) is 1. The van der Waals surface area contributed by atoms with Gasteiger partial charge in [-0.3, -0.25) is 0 Å². The Hall–Kier alpha value is -1.03. The van der Waals surface area contributed by atoms with E-state index in [0.29, 0.717) is 16.7 Å². The van der Waals surface area contributed by atoms with E-state index in [0.717, 1.165) is 13.0 Å². The van der Waals surface area contributed by atoms with Crippen LogP contribution in [0.5, 0.6) is 0 Å². The summed E-state index contributed by atoms with van der Waals surface area (Å²) in [6, 6.07) is 0. The maximum atomic E-state index is 6.01. The summed E-state index contributed by atoms with van der Waals surface area (Å²) in [6.45, 7) is 3.11. The summed E-state index contributed by atoms with van der Waals surface area (Å²) in [4.78, 5) is 9.96. The van der Waals surface area contributed by atoms with Gasteiger partial charge in [0, 0.05) is 13.6 Å². The van der Waals surface area contributed by atoms with Gasteiger partial charge in [-0.05, 0) is 6.42 Å². The van der Waals surface area contributed by atoms with Crippen LogP contribution in [-0.2, 0) is 0 Å². The predicted octanol–water partition coefficient (Wildman–Crippen LogP) is 2.34. The molecule has 0 saturated heterocycles. The van der Waals surface area contributed by atoms with E-state index in [1.165, 1.54) is 19.2 Å². The quantitative estimate of drug-likeness (QED) is 0.786. The first-order valence-electron chi connectivity index (χ1n) is 5.14. The van der Waals surface area contributed by atoms with Crippen molar-refractivity contribution < 1.29 is 0 Å². The molecule has 5 heteroatoms. The number of unbranched alkanes of at least 4 members (excludes halogenated alkanes) is 2. The first kappa shape index (κ1) is 12.0. The molecule has 0 aliphatic carbocycles. The first-order chi connectivity index (χ1) is 7.16. The van der Waals surface area contributed by atoms with Crippen molar-refractivity contribution in [3.05, 3.63) is 11.3 Å². The standard InChI is InChI=1S/C10H17ClN4/c1-3-4-5-6-15(2)10-8(11)9(12)13-7-14-10/h7H,3-6H2,1-2H3,(H2,12,13,14). The summed E-state index contributed by atoms with van der Waals surface area (Å²) in [5, 5.41) is 0.441. The molecule has 0 bridgehead atoms. The van der Waals surface area contributed by atoms with Gasteiger partial charge < -0.3 is 10.6 Å². The van der Waals surface area contributed by atoms with Crippen LogP contribution in [0.15, 0.2) is 6.33 Å². The third kappa shape index (κ3) is 3.23. The minimum atomic E-state index is 0.337. The van der Waals surface area contributed by atoms with Gasteiger partial charge in [0.05, 0.1) is 0 Å². The maximum Gasteiger partial charge on any atom is 0.152 e. The summed E-state index contributed by atoms with van der Waals surface area (Å²) < 4.78 is 0. The molecule has 1 heterocycles. The number of anilines is 2. The Morgan fingerprint density at radius 1 is 1.40 bits per heavy atom. The minimum Gasteiger partial charge on any atom is -0.382 e. The molecular weight excluding hydrogens is 212 g/mol. The Morgan fingerprint density at radius 3 is 2.80 bits per heavy atom. The van der Waals surface area contributed by atoms with Crippen LogP contribution in [0, 0.1) is 0 Å². The minimum absolute atomic E-state index is 0.337. The van der Waals surface area contributed by atoms with E-state index >= 15 is 0 Å². The Balaban J connectivity index is 2.65. The first-order valence-corrected chi connectivity index (χ1v) is 5.51. The molecule has 1 aromatic heterocycles. The maximum absolute atomic E-state index is 6.01. The second-order valence-electron chi connectivity index (χ2n) is 3.53. The summed E-state index contributed by atoms with van der Waals surface area (Å²) >= 11 is 6.01. The number of aromatic nitrogens is 2. The van der Waals surface area contributed by atoms with Gasteiger partial charge in [0.1, 0.15) is 17.2 Å². The molecule has 0 aliphatic rings. The van der Waals surface area contributed by atoms with E-state index in [2.05, 4.69) is 16.9 Å². The fourth-order valence-electron chi connectivity index (χ4n) is 1.34. The van der Waals surface area contributed by atoms with Gasteiger partial charge in [0.2, 0.25) is 0 Å². The molecule has 0 atom stereocenters. The van der Waals surface area contributed by atoms with E-state index < -0.39 is 0 Å². The van der Waals surface area contributed by atoms with Crippen LogP contribution in [0.4, 0.5) is 11.6 Å². The van der Waals surface area contributed by atoms with Crippen LogP contribution in [0.25, 0.3) is 0 Å². The van der Waals surface area contributed by atoms with Crippen molar-refractivity contribution in [1.29, 1.82) is 0 Å². The number of hydrogen-bond donors (Lipinski definition) is 1. The molecule has 0 amide bonds. The fraction of sp³-hybridized carbons (Fsp3) is 0.600. The summed E-state index contributed by atoms with van der Waals surface area (Å²) in [5.41, 5.74) is 5.60. The Morgan fingerprint density at radius 2 is 2.13 bits per heavy atom. The molecule has 0 unspecified atom stereocenters. The Kier molecular flexibility index (Phi) is 4.62. The highest BCUT2D eigenvalue weighted by Gasteiger charge is 2.10. The van der Waals surface area contributed by atoms with Crippen LogP contribution in [0.2, 0.25) is 5.02 Å². The summed E-state index contributed by atoms with van der Waals surface area (Å²) in [5.74, 6) is 1.05. The molecule has 0 saturated carbocycles. The monoisotopic (exact) mass is 228 g/mol. The Bertz CT molecular complexity index is 316. The van der Waals surface area contributed by atoms with Crippen molar-refractivity contribution in [1.82, 2.24) is 9.97 Å². The highest BCUT2D eigenvalue weighted by molar-refractivity contribution is 6.35. The highest BCUT2D eigenvalue weighted by Crippen LogP contribution is 2.25. The number of halogens is 1. The molecule has 0 fully saturated rings. The van der Waals surface area contributed by atoms with Crippen molar-refractivity contribution in [3.8, 4) is 0 Å². The average Bonchev–Trinajstić information content (AvgIpc) is 2.22. The van der Waals surface area contributed by atoms with Crippen molar-refractivity contribution >= 4 is 23.2 Å². The third-order valence-electron chi connectivity index (χ3n) is 2.26. The van der Waals surface area contributed by atoms with Crippen molar-refractivity contribution in [2.45, 2.75) is 26.2 Å². The van der Waals surface area contributed by atoms with Gasteiger partial charge >= 0.3 is 0 Å². The van der Waals surface area contributed by atoms with Gasteiger partial charge in [-0.1, -0.05) is 31.4 Å². The third-order valence-corrected chi connectivity index (χ3v) is 2.62. The topological polar surface area (TPSA) is 55.0 Å². The lowest BCUT2D eigenvalue weighted by atomic mass is 10.2. The van der Waals surface area contributed by atoms with Crippen LogP contribution >= 0.6 is 11.6 Å². The van der Waals surface area contributed by atoms with Gasteiger partial charge in [-0.25, -0.2) is 9.97 Å². The van der Waals surface area contributed by atoms with Gasteiger partial charge in [0.15, 0.2) is 5.82 Å². The second kappa shape index (κ2) is 5.75. The molecule has 1 aromatic rings. The number of hydrogen-bond acceptors (Lipinski definition) is 4. The van der Waals surface area contributed by atoms with Crippen molar-refractivity contribution in [2.24, 2.45) is 0 Å². The number of rotatable bonds is 5. The second-order valence-corrected chi connectivity index (χ2v) is 3.90. The van der Waals surface area contributed by atoms with Gasteiger partial charge in [-0.2, -0.15) is 0 Å². The van der Waals surface area contributed by atoms with Crippen LogP contribution in [-0.4, -0.2) is 23.6 Å². The van der Waals surface area contributed by atoms with E-state index in [4.69, 9.17) is 17.3 Å². The molecule has 0 aromatic carbocycles. The molecule has 0 radical (unpaired) electrons. The zero-order valence-corrected chi connectivity index (χ0v) is 9.96. The Labute approximate surface area is 95.5 Å². The van der Waals surface area contributed by atoms with E-state index in [1.54, 1.807) is 0 Å². The number of nitrogens with zero attached hydrogens (tertiary/aromatic N) is 3. The largest absolute Gasteiger partial charge is 0.382 e.